The van der Waals surface area contributed by atoms with Gasteiger partial charge in [0.25, 0.3) is 0 Å². The molecule has 0 radical (unpaired) electrons. The Morgan fingerprint density at radius 3 is 2.26 bits per heavy atom. The molecule has 5 rings (SSSR count). The molecule has 0 saturated heterocycles. The third kappa shape index (κ3) is 2.28. The third-order valence-electron chi connectivity index (χ3n) is 5.54. The van der Waals surface area contributed by atoms with Crippen LogP contribution in [0.25, 0.3) is 21.9 Å². The maximum Gasteiger partial charge on any atom is 0.159 e. The van der Waals surface area contributed by atoms with E-state index in [1.165, 1.54) is 11.3 Å². The van der Waals surface area contributed by atoms with Crippen LogP contribution in [0.5, 0.6) is 0 Å². The lowest BCUT2D eigenvalue weighted by molar-refractivity contribution is 0.529. The zero-order chi connectivity index (χ0) is 18.6. The van der Waals surface area contributed by atoms with Gasteiger partial charge in [0.1, 0.15) is 11.2 Å². The Bertz CT molecular complexity index is 1170. The lowest BCUT2D eigenvalue weighted by atomic mass is 10.0. The highest BCUT2D eigenvalue weighted by Gasteiger charge is 2.38. The Kier molecular flexibility index (Phi) is 3.35. The normalized spacial score (nSPS) is 16.0. The third-order valence-corrected chi connectivity index (χ3v) is 5.54. The fraction of sp³-hybridized carbons (Fsp3) is 0.167. The molecule has 1 aromatic heterocycles. The van der Waals surface area contributed by atoms with E-state index in [4.69, 9.17) is 4.42 Å². The van der Waals surface area contributed by atoms with E-state index in [0.717, 1.165) is 27.6 Å². The van der Waals surface area contributed by atoms with Crippen LogP contribution in [0.1, 0.15) is 19.4 Å². The minimum absolute atomic E-state index is 0.251. The molecule has 27 heavy (non-hydrogen) atoms. The number of para-hydroxylation sites is 2. The summed E-state index contributed by atoms with van der Waals surface area (Å²) < 4.78 is 6.32. The molecule has 0 unspecified atom stereocenters. The van der Waals surface area contributed by atoms with E-state index in [1.54, 1.807) is 0 Å². The molecule has 134 valence electrons. The van der Waals surface area contributed by atoms with E-state index in [9.17, 15) is 0 Å². The lowest BCUT2D eigenvalue weighted by Gasteiger charge is -2.40. The molecule has 0 fully saturated rings. The van der Waals surface area contributed by atoms with Crippen LogP contribution in [0.3, 0.4) is 0 Å². The molecule has 2 heterocycles. The molecular formula is C24H22N2O. The molecule has 4 aromatic rings. The monoisotopic (exact) mass is 354 g/mol. The number of rotatable bonds is 2. The highest BCUT2D eigenvalue weighted by Crippen LogP contribution is 2.43. The molecule has 0 aliphatic carbocycles. The number of benzene rings is 3. The van der Waals surface area contributed by atoms with Crippen LogP contribution < -0.4 is 9.80 Å². The maximum atomic E-state index is 6.32. The van der Waals surface area contributed by atoms with Gasteiger partial charge in [0.05, 0.1) is 5.69 Å². The summed E-state index contributed by atoms with van der Waals surface area (Å²) in [4.78, 5) is 4.62. The van der Waals surface area contributed by atoms with Gasteiger partial charge >= 0.3 is 0 Å². The summed E-state index contributed by atoms with van der Waals surface area (Å²) in [6.07, 6.45) is 4.30. The number of aryl methyl sites for hydroxylation is 1. The van der Waals surface area contributed by atoms with Crippen molar-refractivity contribution in [2.75, 3.05) is 9.80 Å². The summed E-state index contributed by atoms with van der Waals surface area (Å²) in [7, 11) is 0. The van der Waals surface area contributed by atoms with E-state index in [-0.39, 0.29) is 5.66 Å². The molecule has 3 heteroatoms. The van der Waals surface area contributed by atoms with E-state index < -0.39 is 0 Å². The number of hydrogen-bond donors (Lipinski definition) is 0. The van der Waals surface area contributed by atoms with Gasteiger partial charge in [-0.25, -0.2) is 0 Å². The van der Waals surface area contributed by atoms with E-state index >= 15 is 0 Å². The number of furan rings is 1. The SMILES string of the molecule is Cc1ccc2c(oc3ccccc32)c1N1C=CN(c2ccccc2)C1(C)C. The molecule has 0 saturated carbocycles. The van der Waals surface area contributed by atoms with Gasteiger partial charge in [-0.3, -0.25) is 0 Å². The zero-order valence-corrected chi connectivity index (χ0v) is 15.8. The van der Waals surface area contributed by atoms with E-state index in [0.29, 0.717) is 0 Å². The largest absolute Gasteiger partial charge is 0.454 e. The van der Waals surface area contributed by atoms with Crippen LogP contribution in [0, 0.1) is 6.92 Å². The smallest absolute Gasteiger partial charge is 0.159 e. The predicted molar refractivity (Wildman–Crippen MR) is 113 cm³/mol. The quantitative estimate of drug-likeness (QED) is 0.413. The van der Waals surface area contributed by atoms with Crippen LogP contribution in [0.2, 0.25) is 0 Å². The average Bonchev–Trinajstić information content (AvgIpc) is 3.19. The van der Waals surface area contributed by atoms with Crippen molar-refractivity contribution in [2.24, 2.45) is 0 Å². The number of nitrogens with zero attached hydrogens (tertiary/aromatic N) is 2. The van der Waals surface area contributed by atoms with Crippen molar-refractivity contribution in [1.82, 2.24) is 0 Å². The summed E-state index contributed by atoms with van der Waals surface area (Å²) >= 11 is 0. The summed E-state index contributed by atoms with van der Waals surface area (Å²) in [5, 5.41) is 2.32. The fourth-order valence-corrected chi connectivity index (χ4v) is 4.13. The second kappa shape index (κ2) is 5.65. The molecule has 3 nitrogen and oxygen atoms in total. The Morgan fingerprint density at radius 1 is 0.741 bits per heavy atom. The second-order valence-electron chi connectivity index (χ2n) is 7.57. The number of anilines is 2. The van der Waals surface area contributed by atoms with Gasteiger partial charge in [-0.05, 0) is 44.5 Å². The van der Waals surface area contributed by atoms with Crippen LogP contribution in [-0.4, -0.2) is 5.66 Å². The Morgan fingerprint density at radius 2 is 1.44 bits per heavy atom. The lowest BCUT2D eigenvalue weighted by Crippen LogP contribution is -2.49. The number of hydrogen-bond acceptors (Lipinski definition) is 3. The van der Waals surface area contributed by atoms with Gasteiger partial charge in [0, 0.05) is 28.9 Å². The van der Waals surface area contributed by atoms with Crippen LogP contribution in [0.15, 0.2) is 83.5 Å². The predicted octanol–water partition coefficient (Wildman–Crippen LogP) is 6.43. The summed E-state index contributed by atoms with van der Waals surface area (Å²) in [6.45, 7) is 6.62. The first-order valence-corrected chi connectivity index (χ1v) is 9.30. The van der Waals surface area contributed by atoms with Crippen molar-refractivity contribution in [2.45, 2.75) is 26.4 Å². The zero-order valence-electron chi connectivity index (χ0n) is 15.8. The first-order chi connectivity index (χ1) is 13.1. The van der Waals surface area contributed by atoms with Gasteiger partial charge in [-0.2, -0.15) is 0 Å². The van der Waals surface area contributed by atoms with Crippen molar-refractivity contribution in [3.8, 4) is 0 Å². The Balaban J connectivity index is 1.70. The van der Waals surface area contributed by atoms with Gasteiger partial charge in [-0.15, -0.1) is 0 Å². The Hall–Kier alpha value is -3.20. The molecule has 3 aromatic carbocycles. The average molecular weight is 354 g/mol. The summed E-state index contributed by atoms with van der Waals surface area (Å²) in [5.41, 5.74) is 5.14. The van der Waals surface area contributed by atoms with Crippen molar-refractivity contribution in [1.29, 1.82) is 0 Å². The van der Waals surface area contributed by atoms with Gasteiger partial charge in [-0.1, -0.05) is 48.5 Å². The van der Waals surface area contributed by atoms with Crippen molar-refractivity contribution < 1.29 is 4.42 Å². The molecule has 1 aliphatic rings. The van der Waals surface area contributed by atoms with Crippen molar-refractivity contribution in [3.05, 3.63) is 84.7 Å². The van der Waals surface area contributed by atoms with Crippen molar-refractivity contribution >= 4 is 33.3 Å². The van der Waals surface area contributed by atoms with E-state index in [1.807, 2.05) is 18.2 Å². The summed E-state index contributed by atoms with van der Waals surface area (Å²) in [5.74, 6) is 0. The highest BCUT2D eigenvalue weighted by atomic mass is 16.3. The molecule has 0 bridgehead atoms. The van der Waals surface area contributed by atoms with Gasteiger partial charge < -0.3 is 14.2 Å². The van der Waals surface area contributed by atoms with Crippen LogP contribution >= 0.6 is 0 Å². The van der Waals surface area contributed by atoms with Crippen LogP contribution in [-0.2, 0) is 0 Å². The standard InChI is InChI=1S/C24H22N2O/c1-17-13-14-20-19-11-7-8-12-21(19)27-23(20)22(17)26-16-15-25(24(26,2)3)18-9-5-4-6-10-18/h4-16H,1-3H3. The van der Waals surface area contributed by atoms with E-state index in [2.05, 4.69) is 91.5 Å². The fourth-order valence-electron chi connectivity index (χ4n) is 4.13. The second-order valence-corrected chi connectivity index (χ2v) is 7.57. The summed E-state index contributed by atoms with van der Waals surface area (Å²) in [6, 6.07) is 23.1. The first-order valence-electron chi connectivity index (χ1n) is 9.30. The maximum absolute atomic E-state index is 6.32. The van der Waals surface area contributed by atoms with Gasteiger partial charge in [0.15, 0.2) is 5.58 Å². The molecule has 1 aliphatic heterocycles. The highest BCUT2D eigenvalue weighted by molar-refractivity contribution is 6.09. The minimum Gasteiger partial charge on any atom is -0.454 e. The molecular weight excluding hydrogens is 332 g/mol. The molecule has 0 amide bonds. The topological polar surface area (TPSA) is 19.6 Å². The van der Waals surface area contributed by atoms with Crippen LogP contribution in [0.4, 0.5) is 11.4 Å². The van der Waals surface area contributed by atoms with Gasteiger partial charge in [0.2, 0.25) is 0 Å². The molecule has 0 atom stereocenters. The first kappa shape index (κ1) is 16.0. The minimum atomic E-state index is -0.251. The van der Waals surface area contributed by atoms with Crippen molar-refractivity contribution in [3.63, 3.8) is 0 Å². The Labute approximate surface area is 159 Å². The molecule has 0 spiro atoms. The number of fused-ring (bicyclic) bond motifs is 3. The molecule has 0 N–H and O–H groups in total.